The van der Waals surface area contributed by atoms with Gasteiger partial charge in [0.1, 0.15) is 0 Å². The molecule has 2 unspecified atom stereocenters. The van der Waals surface area contributed by atoms with Crippen molar-refractivity contribution < 1.29 is 32.4 Å². The maximum Gasteiger partial charge on any atom is 0.334 e. The fourth-order valence-corrected chi connectivity index (χ4v) is 1.74. The van der Waals surface area contributed by atoms with Gasteiger partial charge in [-0.15, -0.1) is 0 Å². The molecule has 0 radical (unpaired) electrons. The highest BCUT2D eigenvalue weighted by Crippen LogP contribution is 2.45. The topological polar surface area (TPSA) is 113 Å². The van der Waals surface area contributed by atoms with Gasteiger partial charge in [-0.1, -0.05) is 0 Å². The average Bonchev–Trinajstić information content (AvgIpc) is 1.58. The van der Waals surface area contributed by atoms with Crippen molar-refractivity contribution in [1.82, 2.24) is 0 Å². The maximum absolute atomic E-state index is 10.2. The Morgan fingerprint density at radius 3 is 2.10 bits per heavy atom. The average molecular weight is 210 g/mol. The Labute approximate surface area is 58.5 Å². The van der Waals surface area contributed by atoms with E-state index in [2.05, 4.69) is 8.62 Å². The number of hydrogen-bond donors (Lipinski definition) is 3. The zero-order chi connectivity index (χ0) is 8.15. The van der Waals surface area contributed by atoms with Gasteiger partial charge in [0.25, 0.3) is 0 Å². The van der Waals surface area contributed by atoms with E-state index in [1.807, 2.05) is 0 Å². The zero-order valence-electron chi connectivity index (χ0n) is 4.42. The summed E-state index contributed by atoms with van der Waals surface area (Å²) >= 11 is 0. The van der Waals surface area contributed by atoms with E-state index in [0.29, 0.717) is 0 Å². The van der Waals surface area contributed by atoms with Crippen molar-refractivity contribution in [2.45, 2.75) is 0 Å². The predicted octanol–water partition coefficient (Wildman–Crippen LogP) is 0.00280. The summed E-state index contributed by atoms with van der Waals surface area (Å²) in [7, 11) is -9.36. The van der Waals surface area contributed by atoms with Crippen molar-refractivity contribution in [2.24, 2.45) is 0 Å². The zero-order valence-corrected chi connectivity index (χ0v) is 7.32. The van der Waals surface area contributed by atoms with Crippen molar-refractivity contribution in [3.05, 3.63) is 0 Å². The van der Waals surface area contributed by atoms with Gasteiger partial charge >= 0.3 is 25.1 Å². The van der Waals surface area contributed by atoms with Gasteiger partial charge in [-0.25, -0.2) is 8.62 Å². The third-order valence-electron chi connectivity index (χ3n) is 0.327. The minimum Gasteiger partial charge on any atom is -0.328 e. The molecule has 0 amide bonds. The normalized spacial score (nSPS) is 17.2. The second-order valence-corrected chi connectivity index (χ2v) is 4.05. The summed E-state index contributed by atoms with van der Waals surface area (Å²) in [6, 6.07) is 0. The lowest BCUT2D eigenvalue weighted by Crippen LogP contribution is -1.71. The second kappa shape index (κ2) is 5.35. The van der Waals surface area contributed by atoms with E-state index in [0.717, 1.165) is 0 Å². The number of hydrogen-bond acceptors (Lipinski definition) is 6. The van der Waals surface area contributed by atoms with Crippen molar-refractivity contribution in [2.75, 3.05) is 0 Å². The summed E-state index contributed by atoms with van der Waals surface area (Å²) in [5, 5.41) is 0. The van der Waals surface area contributed by atoms with Gasteiger partial charge in [0.15, 0.2) is 0 Å². The smallest absolute Gasteiger partial charge is 0.328 e. The van der Waals surface area contributed by atoms with Crippen LogP contribution < -0.4 is 0 Å². The Hall–Kier alpha value is 0.690. The van der Waals surface area contributed by atoms with Crippen molar-refractivity contribution in [1.29, 1.82) is 0 Å². The Bertz CT molecular complexity index is 138. The van der Waals surface area contributed by atoms with Crippen LogP contribution in [0, 0.1) is 0 Å². The molecule has 0 fully saturated rings. The molecular weight excluding hydrogens is 205 g/mol. The largest absolute Gasteiger partial charge is 0.334 e. The standard InChI is InChI=1S/H5O7P3/c1-8(2)6-10(5)7-9(3)4/h1-2,9-10H,(H,3,4). The molecule has 0 aromatic heterocycles. The molecule has 0 aromatic carbocycles. The molecule has 0 spiro atoms. The van der Waals surface area contributed by atoms with Crippen LogP contribution >= 0.6 is 25.1 Å². The molecule has 0 aliphatic rings. The molecule has 0 aliphatic carbocycles. The van der Waals surface area contributed by atoms with Crippen LogP contribution in [0.4, 0.5) is 0 Å². The lowest BCUT2D eigenvalue weighted by atomic mass is 15.7. The van der Waals surface area contributed by atoms with Crippen molar-refractivity contribution >= 4 is 25.1 Å². The van der Waals surface area contributed by atoms with Crippen LogP contribution in [-0.2, 0) is 17.8 Å². The molecule has 7 nitrogen and oxygen atoms in total. The highest BCUT2D eigenvalue weighted by atomic mass is 31.2. The summed E-state index contributed by atoms with van der Waals surface area (Å²) in [6.45, 7) is 0. The minimum atomic E-state index is -3.33. The van der Waals surface area contributed by atoms with Gasteiger partial charge in [-0.2, -0.15) is 0 Å². The molecule has 0 rings (SSSR count). The molecule has 0 saturated heterocycles. The van der Waals surface area contributed by atoms with E-state index in [4.69, 9.17) is 14.7 Å². The van der Waals surface area contributed by atoms with Gasteiger partial charge in [-0.05, 0) is 0 Å². The molecule has 3 N–H and O–H groups in total. The molecule has 0 bridgehead atoms. The predicted molar refractivity (Wildman–Crippen MR) is 33.7 cm³/mol. The summed E-state index contributed by atoms with van der Waals surface area (Å²) in [5.41, 5.74) is 0. The van der Waals surface area contributed by atoms with E-state index >= 15 is 0 Å². The van der Waals surface area contributed by atoms with E-state index < -0.39 is 25.1 Å². The first-order valence-corrected chi connectivity index (χ1v) is 5.48. The SMILES string of the molecule is O=[PH](O)O[PH](=O)OP(O)O. The molecule has 0 saturated carbocycles. The van der Waals surface area contributed by atoms with Crippen molar-refractivity contribution in [3.63, 3.8) is 0 Å². The van der Waals surface area contributed by atoms with Crippen LogP contribution in [0.1, 0.15) is 0 Å². The summed E-state index contributed by atoms with van der Waals surface area (Å²) < 4.78 is 27.3. The van der Waals surface area contributed by atoms with Crippen LogP contribution in [0.15, 0.2) is 0 Å². The van der Waals surface area contributed by atoms with Crippen LogP contribution in [0.25, 0.3) is 0 Å². The summed E-state index contributed by atoms with van der Waals surface area (Å²) in [5.74, 6) is 0. The molecule has 2 atom stereocenters. The molecule has 10 heavy (non-hydrogen) atoms. The number of rotatable bonds is 4. The molecule has 10 heteroatoms. The Balaban J connectivity index is 3.54. The Morgan fingerprint density at radius 1 is 1.30 bits per heavy atom. The molecule has 0 heterocycles. The van der Waals surface area contributed by atoms with Gasteiger partial charge in [0.2, 0.25) is 0 Å². The fraction of sp³-hybridized carbons (Fsp3) is 0. The molecule has 62 valence electrons. The molecule has 0 aliphatic heterocycles. The first-order chi connectivity index (χ1) is 4.52. The first-order valence-electron chi connectivity index (χ1n) is 1.83. The van der Waals surface area contributed by atoms with Gasteiger partial charge in [-0.3, -0.25) is 9.13 Å². The van der Waals surface area contributed by atoms with Crippen LogP contribution in [0.2, 0.25) is 0 Å². The van der Waals surface area contributed by atoms with Crippen LogP contribution in [0.3, 0.4) is 0 Å². The van der Waals surface area contributed by atoms with Gasteiger partial charge in [0.05, 0.1) is 0 Å². The quantitative estimate of drug-likeness (QED) is 0.559. The second-order valence-electron chi connectivity index (χ2n) is 0.962. The first kappa shape index (κ1) is 10.7. The van der Waals surface area contributed by atoms with Gasteiger partial charge in [0, 0.05) is 0 Å². The highest BCUT2D eigenvalue weighted by Gasteiger charge is 2.08. The Morgan fingerprint density at radius 2 is 1.80 bits per heavy atom. The van der Waals surface area contributed by atoms with Crippen LogP contribution in [0.5, 0.6) is 0 Å². The Kier molecular flexibility index (Phi) is 5.72. The van der Waals surface area contributed by atoms with E-state index in [1.54, 1.807) is 0 Å². The van der Waals surface area contributed by atoms with Gasteiger partial charge < -0.3 is 14.7 Å². The van der Waals surface area contributed by atoms with E-state index in [-0.39, 0.29) is 0 Å². The maximum atomic E-state index is 10.2. The molecular formula is H5O7P3. The van der Waals surface area contributed by atoms with E-state index in [9.17, 15) is 9.13 Å². The summed E-state index contributed by atoms with van der Waals surface area (Å²) in [6.07, 6.45) is 0. The lowest BCUT2D eigenvalue weighted by molar-refractivity contribution is 0.338. The highest BCUT2D eigenvalue weighted by molar-refractivity contribution is 7.55. The van der Waals surface area contributed by atoms with E-state index in [1.165, 1.54) is 0 Å². The van der Waals surface area contributed by atoms with Crippen LogP contribution in [-0.4, -0.2) is 14.7 Å². The third-order valence-corrected chi connectivity index (χ3v) is 2.94. The molecule has 0 aromatic rings. The third kappa shape index (κ3) is 6.81. The van der Waals surface area contributed by atoms with Crippen molar-refractivity contribution in [3.8, 4) is 0 Å². The minimum absolute atomic E-state index is 2.80. The summed E-state index contributed by atoms with van der Waals surface area (Å²) in [4.78, 5) is 24.0. The lowest BCUT2D eigenvalue weighted by Gasteiger charge is -2.00. The fourth-order valence-electron chi connectivity index (χ4n) is 0.157. The monoisotopic (exact) mass is 210 g/mol.